The van der Waals surface area contributed by atoms with Gasteiger partial charge in [-0.25, -0.2) is 9.67 Å². The topological polar surface area (TPSA) is 56.0 Å². The number of hydrogen-bond acceptors (Lipinski definition) is 4. The number of aromatic nitrogens is 4. The molecule has 6 heteroatoms. The smallest absolute Gasteiger partial charge is 0.266 e. The highest BCUT2D eigenvalue weighted by Crippen LogP contribution is 2.38. The second-order valence-corrected chi connectivity index (χ2v) is 6.92. The van der Waals surface area contributed by atoms with Crippen molar-refractivity contribution in [3.63, 3.8) is 0 Å². The van der Waals surface area contributed by atoms with Crippen molar-refractivity contribution in [1.82, 2.24) is 24.2 Å². The maximum atomic E-state index is 12.0. The van der Waals surface area contributed by atoms with Crippen LogP contribution in [-0.4, -0.2) is 43.9 Å². The van der Waals surface area contributed by atoms with E-state index in [1.54, 1.807) is 10.7 Å². The molecule has 2 aromatic rings. The highest BCUT2D eigenvalue weighted by Gasteiger charge is 2.29. The monoisotopic (exact) mass is 313 g/mol. The van der Waals surface area contributed by atoms with Crippen LogP contribution in [0.1, 0.15) is 30.1 Å². The minimum atomic E-state index is 0.0303. The van der Waals surface area contributed by atoms with Crippen LogP contribution in [0, 0.1) is 5.92 Å². The van der Waals surface area contributed by atoms with Crippen molar-refractivity contribution in [1.29, 1.82) is 0 Å². The van der Waals surface area contributed by atoms with Gasteiger partial charge in [0.15, 0.2) is 0 Å². The lowest BCUT2D eigenvalue weighted by Crippen LogP contribution is -2.50. The van der Waals surface area contributed by atoms with E-state index in [1.807, 2.05) is 25.6 Å². The van der Waals surface area contributed by atoms with Gasteiger partial charge in [0.2, 0.25) is 0 Å². The highest BCUT2D eigenvalue weighted by molar-refractivity contribution is 5.12. The molecule has 0 aromatic carbocycles. The highest BCUT2D eigenvalue weighted by atomic mass is 16.1. The first kappa shape index (κ1) is 14.6. The van der Waals surface area contributed by atoms with E-state index in [9.17, 15) is 4.79 Å². The van der Waals surface area contributed by atoms with Crippen molar-refractivity contribution in [3.05, 3.63) is 46.4 Å². The van der Waals surface area contributed by atoms with Crippen LogP contribution in [0.4, 0.5) is 0 Å². The standard InChI is InChI=1S/C17H23N5O/c1-20-12-18-8-15(20)6-7-21-9-13(10-21)11-22-17(23)5-4-16(19-22)14-2-3-14/h4-5,8,12-14H,2-3,6-7,9-11H2,1H3. The summed E-state index contributed by atoms with van der Waals surface area (Å²) in [5.41, 5.74) is 2.39. The molecule has 1 aliphatic heterocycles. The molecule has 2 aromatic heterocycles. The fraction of sp³-hybridized carbons (Fsp3) is 0.588. The lowest BCUT2D eigenvalue weighted by atomic mass is 10.00. The Morgan fingerprint density at radius 3 is 2.78 bits per heavy atom. The van der Waals surface area contributed by atoms with E-state index in [1.165, 1.54) is 18.5 Å². The molecule has 0 bridgehead atoms. The van der Waals surface area contributed by atoms with Crippen molar-refractivity contribution < 1.29 is 0 Å². The molecule has 0 unspecified atom stereocenters. The van der Waals surface area contributed by atoms with E-state index >= 15 is 0 Å². The number of imidazole rings is 1. The summed E-state index contributed by atoms with van der Waals surface area (Å²) in [5.74, 6) is 1.14. The van der Waals surface area contributed by atoms with E-state index in [-0.39, 0.29) is 5.56 Å². The van der Waals surface area contributed by atoms with Crippen molar-refractivity contribution >= 4 is 0 Å². The van der Waals surface area contributed by atoms with Crippen LogP contribution in [0.15, 0.2) is 29.5 Å². The van der Waals surface area contributed by atoms with Crippen molar-refractivity contribution in [2.45, 2.75) is 31.7 Å². The van der Waals surface area contributed by atoms with Crippen LogP contribution < -0.4 is 5.56 Å². The predicted molar refractivity (Wildman–Crippen MR) is 87.3 cm³/mol. The lowest BCUT2D eigenvalue weighted by Gasteiger charge is -2.39. The number of hydrogen-bond donors (Lipinski definition) is 0. The molecule has 6 nitrogen and oxygen atoms in total. The molecule has 0 atom stereocenters. The van der Waals surface area contributed by atoms with E-state index in [4.69, 9.17) is 0 Å². The Labute approximate surface area is 135 Å². The van der Waals surface area contributed by atoms with Gasteiger partial charge in [0.25, 0.3) is 5.56 Å². The SMILES string of the molecule is Cn1cncc1CCN1CC(Cn2nc(C3CC3)ccc2=O)C1. The first-order chi connectivity index (χ1) is 11.2. The van der Waals surface area contributed by atoms with Crippen LogP contribution >= 0.6 is 0 Å². The maximum Gasteiger partial charge on any atom is 0.266 e. The molecule has 3 heterocycles. The van der Waals surface area contributed by atoms with E-state index in [0.717, 1.165) is 38.3 Å². The summed E-state index contributed by atoms with van der Waals surface area (Å²) in [6.45, 7) is 3.92. The molecule has 0 radical (unpaired) electrons. The normalized spacial score (nSPS) is 19.0. The lowest BCUT2D eigenvalue weighted by molar-refractivity contribution is 0.0850. The summed E-state index contributed by atoms with van der Waals surface area (Å²) in [6.07, 6.45) is 7.24. The molecule has 2 fully saturated rings. The fourth-order valence-corrected chi connectivity index (χ4v) is 3.31. The summed E-state index contributed by atoms with van der Waals surface area (Å²) in [7, 11) is 2.03. The molecule has 0 amide bonds. The predicted octanol–water partition coefficient (Wildman–Crippen LogP) is 1.03. The minimum absolute atomic E-state index is 0.0303. The van der Waals surface area contributed by atoms with Gasteiger partial charge in [-0.1, -0.05) is 0 Å². The molecule has 122 valence electrons. The molecule has 2 aliphatic rings. The van der Waals surface area contributed by atoms with Crippen molar-refractivity contribution in [2.24, 2.45) is 13.0 Å². The second-order valence-electron chi connectivity index (χ2n) is 6.92. The third-order valence-electron chi connectivity index (χ3n) is 4.95. The van der Waals surface area contributed by atoms with Crippen molar-refractivity contribution in [3.8, 4) is 0 Å². The Hall–Kier alpha value is -1.95. The minimum Gasteiger partial charge on any atom is -0.338 e. The first-order valence-electron chi connectivity index (χ1n) is 8.44. The Morgan fingerprint density at radius 1 is 1.26 bits per heavy atom. The summed E-state index contributed by atoms with van der Waals surface area (Å²) < 4.78 is 3.75. The summed E-state index contributed by atoms with van der Waals surface area (Å²) >= 11 is 0. The zero-order valence-electron chi connectivity index (χ0n) is 13.6. The number of aryl methyl sites for hydroxylation is 1. The molecule has 0 spiro atoms. The van der Waals surface area contributed by atoms with Gasteiger partial charge in [0.05, 0.1) is 18.6 Å². The van der Waals surface area contributed by atoms with Gasteiger partial charge in [-0.05, 0) is 18.9 Å². The summed E-state index contributed by atoms with van der Waals surface area (Å²) in [4.78, 5) is 18.6. The molecular weight excluding hydrogens is 290 g/mol. The van der Waals surface area contributed by atoms with E-state index in [2.05, 4.69) is 19.5 Å². The molecule has 23 heavy (non-hydrogen) atoms. The van der Waals surface area contributed by atoms with E-state index < -0.39 is 0 Å². The zero-order chi connectivity index (χ0) is 15.8. The van der Waals surface area contributed by atoms with Gasteiger partial charge in [-0.3, -0.25) is 4.79 Å². The largest absolute Gasteiger partial charge is 0.338 e. The molecule has 4 rings (SSSR count). The Kier molecular flexibility index (Phi) is 3.77. The molecule has 1 aliphatic carbocycles. The van der Waals surface area contributed by atoms with Gasteiger partial charge in [0.1, 0.15) is 0 Å². The Balaban J connectivity index is 1.28. The Morgan fingerprint density at radius 2 is 2.09 bits per heavy atom. The first-order valence-corrected chi connectivity index (χ1v) is 8.44. The third-order valence-corrected chi connectivity index (χ3v) is 4.95. The fourth-order valence-electron chi connectivity index (χ4n) is 3.31. The van der Waals surface area contributed by atoms with Gasteiger partial charge in [0, 0.05) is 62.9 Å². The third kappa shape index (κ3) is 3.22. The number of likely N-dealkylation sites (tertiary alicyclic amines) is 1. The summed E-state index contributed by atoms with van der Waals surface area (Å²) in [6, 6.07) is 3.58. The van der Waals surface area contributed by atoms with Gasteiger partial charge in [-0.15, -0.1) is 0 Å². The summed E-state index contributed by atoms with van der Waals surface area (Å²) in [5, 5.41) is 4.55. The average Bonchev–Trinajstić information content (AvgIpc) is 3.27. The van der Waals surface area contributed by atoms with Crippen LogP contribution in [0.3, 0.4) is 0 Å². The van der Waals surface area contributed by atoms with Crippen LogP contribution in [0.2, 0.25) is 0 Å². The van der Waals surface area contributed by atoms with Crippen LogP contribution in [-0.2, 0) is 20.0 Å². The van der Waals surface area contributed by atoms with Crippen molar-refractivity contribution in [2.75, 3.05) is 19.6 Å². The molecular formula is C17H23N5O. The average molecular weight is 313 g/mol. The molecule has 0 N–H and O–H groups in total. The van der Waals surface area contributed by atoms with Gasteiger partial charge in [-0.2, -0.15) is 5.10 Å². The molecule has 1 saturated carbocycles. The van der Waals surface area contributed by atoms with E-state index in [0.29, 0.717) is 11.8 Å². The number of rotatable bonds is 6. The quantitative estimate of drug-likeness (QED) is 0.799. The molecule has 1 saturated heterocycles. The van der Waals surface area contributed by atoms with Gasteiger partial charge < -0.3 is 9.47 Å². The number of nitrogens with zero attached hydrogens (tertiary/aromatic N) is 5. The van der Waals surface area contributed by atoms with Gasteiger partial charge >= 0.3 is 0 Å². The Bertz CT molecular complexity index is 739. The zero-order valence-corrected chi connectivity index (χ0v) is 13.6. The second kappa shape index (κ2) is 5.92. The maximum absolute atomic E-state index is 12.0. The van der Waals surface area contributed by atoms with Crippen LogP contribution in [0.5, 0.6) is 0 Å². The van der Waals surface area contributed by atoms with Crippen LogP contribution in [0.25, 0.3) is 0 Å².